The van der Waals surface area contributed by atoms with Crippen LogP contribution < -0.4 is 0 Å². The minimum absolute atomic E-state index is 0.0425. The van der Waals surface area contributed by atoms with Crippen molar-refractivity contribution in [3.8, 4) is 0 Å². The van der Waals surface area contributed by atoms with E-state index < -0.39 is 11.2 Å². The minimum Gasteiger partial charge on any atom is -0.294 e. The Labute approximate surface area is 94.3 Å². The van der Waals surface area contributed by atoms with E-state index in [1.807, 2.05) is 20.8 Å². The molecule has 1 aromatic rings. The Bertz CT molecular complexity index is 385. The molecule has 0 fully saturated rings. The maximum Gasteiger partial charge on any atom is 0.168 e. The molecule has 0 amide bonds. The number of benzene rings is 1. The van der Waals surface area contributed by atoms with Gasteiger partial charge in [-0.25, -0.2) is 4.39 Å². The minimum atomic E-state index is -0.547. The molecule has 1 nitrogen and oxygen atoms in total. The van der Waals surface area contributed by atoms with Crippen molar-refractivity contribution in [3.05, 3.63) is 34.6 Å². The zero-order valence-electron chi connectivity index (χ0n) is 9.10. The van der Waals surface area contributed by atoms with Gasteiger partial charge in [0.25, 0.3) is 0 Å². The van der Waals surface area contributed by atoms with Gasteiger partial charge in [0.1, 0.15) is 5.82 Å². The normalized spacial score (nSPS) is 11.5. The standard InChI is InChI=1S/C12H14ClFO/c1-4-12(2,3)11(15)8-5-6-9(13)10(14)7-8/h5-7H,4H2,1-3H3. The Balaban J connectivity index is 3.08. The predicted molar refractivity (Wildman–Crippen MR) is 59.8 cm³/mol. The van der Waals surface area contributed by atoms with E-state index in [9.17, 15) is 9.18 Å². The highest BCUT2D eigenvalue weighted by molar-refractivity contribution is 6.30. The highest BCUT2D eigenvalue weighted by Crippen LogP contribution is 2.27. The van der Waals surface area contributed by atoms with Crippen molar-refractivity contribution in [1.29, 1.82) is 0 Å². The molecule has 0 aromatic heterocycles. The monoisotopic (exact) mass is 228 g/mol. The number of hydrogen-bond acceptors (Lipinski definition) is 1. The molecule has 0 bridgehead atoms. The molecular formula is C12H14ClFO. The summed E-state index contributed by atoms with van der Waals surface area (Å²) in [5.41, 5.74) is -0.0796. The van der Waals surface area contributed by atoms with Gasteiger partial charge in [-0.2, -0.15) is 0 Å². The highest BCUT2D eigenvalue weighted by atomic mass is 35.5. The molecule has 82 valence electrons. The van der Waals surface area contributed by atoms with Crippen LogP contribution >= 0.6 is 11.6 Å². The quantitative estimate of drug-likeness (QED) is 0.712. The van der Waals surface area contributed by atoms with Gasteiger partial charge in [0.05, 0.1) is 5.02 Å². The largest absolute Gasteiger partial charge is 0.294 e. The molecule has 1 rings (SSSR count). The molecule has 3 heteroatoms. The number of ketones is 1. The van der Waals surface area contributed by atoms with Gasteiger partial charge in [-0.05, 0) is 24.6 Å². The van der Waals surface area contributed by atoms with Crippen molar-refractivity contribution in [2.75, 3.05) is 0 Å². The summed E-state index contributed by atoms with van der Waals surface area (Å²) in [5, 5.41) is 0.0425. The van der Waals surface area contributed by atoms with E-state index in [1.165, 1.54) is 12.1 Å². The Morgan fingerprint density at radius 1 is 1.47 bits per heavy atom. The molecule has 0 heterocycles. The maximum absolute atomic E-state index is 13.1. The average molecular weight is 229 g/mol. The summed E-state index contributed by atoms with van der Waals surface area (Å²) in [5.74, 6) is -0.602. The summed E-state index contributed by atoms with van der Waals surface area (Å²) in [6.07, 6.45) is 0.718. The first kappa shape index (κ1) is 12.2. The topological polar surface area (TPSA) is 17.1 Å². The third-order valence-corrected chi connectivity index (χ3v) is 2.99. The van der Waals surface area contributed by atoms with Crippen molar-refractivity contribution in [2.45, 2.75) is 27.2 Å². The van der Waals surface area contributed by atoms with Gasteiger partial charge in [-0.15, -0.1) is 0 Å². The molecule has 0 aliphatic rings. The molecule has 0 atom stereocenters. The van der Waals surface area contributed by atoms with E-state index in [0.717, 1.165) is 6.42 Å². The fourth-order valence-electron chi connectivity index (χ4n) is 1.19. The Morgan fingerprint density at radius 2 is 2.07 bits per heavy atom. The van der Waals surface area contributed by atoms with Crippen LogP contribution in [0.2, 0.25) is 5.02 Å². The van der Waals surface area contributed by atoms with Crippen LogP contribution in [0.5, 0.6) is 0 Å². The first-order chi connectivity index (χ1) is 6.88. The summed E-state index contributed by atoms with van der Waals surface area (Å²) in [6, 6.07) is 4.17. The summed E-state index contributed by atoms with van der Waals surface area (Å²) in [4.78, 5) is 12.0. The first-order valence-corrected chi connectivity index (χ1v) is 5.26. The van der Waals surface area contributed by atoms with E-state index in [0.29, 0.717) is 5.56 Å². The SMILES string of the molecule is CCC(C)(C)C(=O)c1ccc(Cl)c(F)c1. The van der Waals surface area contributed by atoms with Gasteiger partial charge in [0.2, 0.25) is 0 Å². The van der Waals surface area contributed by atoms with Gasteiger partial charge in [-0.3, -0.25) is 4.79 Å². The fraction of sp³-hybridized carbons (Fsp3) is 0.417. The van der Waals surface area contributed by atoms with Crippen LogP contribution in [-0.2, 0) is 0 Å². The Kier molecular flexibility index (Phi) is 3.50. The average Bonchev–Trinajstić information content (AvgIpc) is 2.21. The lowest BCUT2D eigenvalue weighted by Gasteiger charge is -2.20. The molecule has 0 unspecified atom stereocenters. The third kappa shape index (κ3) is 2.57. The molecule has 1 aromatic carbocycles. The van der Waals surface area contributed by atoms with Crippen LogP contribution in [0.1, 0.15) is 37.6 Å². The van der Waals surface area contributed by atoms with Crippen LogP contribution in [-0.4, -0.2) is 5.78 Å². The number of carbonyl (C=O) groups is 1. The number of Topliss-reactive ketones (excluding diaryl/α,β-unsaturated/α-hetero) is 1. The van der Waals surface area contributed by atoms with Crippen LogP contribution in [0.15, 0.2) is 18.2 Å². The molecule has 0 N–H and O–H groups in total. The number of rotatable bonds is 3. The third-order valence-electron chi connectivity index (χ3n) is 2.68. The van der Waals surface area contributed by atoms with E-state index in [4.69, 9.17) is 11.6 Å². The predicted octanol–water partition coefficient (Wildman–Crippen LogP) is 4.10. The smallest absolute Gasteiger partial charge is 0.168 e. The van der Waals surface area contributed by atoms with E-state index >= 15 is 0 Å². The van der Waals surface area contributed by atoms with Crippen molar-refractivity contribution in [3.63, 3.8) is 0 Å². The lowest BCUT2D eigenvalue weighted by molar-refractivity contribution is 0.0832. The molecule has 0 aliphatic carbocycles. The van der Waals surface area contributed by atoms with Crippen molar-refractivity contribution < 1.29 is 9.18 Å². The van der Waals surface area contributed by atoms with Gasteiger partial charge in [0, 0.05) is 11.0 Å². The molecule has 0 saturated carbocycles. The van der Waals surface area contributed by atoms with Gasteiger partial charge < -0.3 is 0 Å². The van der Waals surface area contributed by atoms with Crippen LogP contribution in [0.3, 0.4) is 0 Å². The summed E-state index contributed by atoms with van der Waals surface area (Å²) >= 11 is 5.55. The van der Waals surface area contributed by atoms with E-state index in [2.05, 4.69) is 0 Å². The van der Waals surface area contributed by atoms with Gasteiger partial charge in [-0.1, -0.05) is 32.4 Å². The zero-order valence-corrected chi connectivity index (χ0v) is 9.86. The lowest BCUT2D eigenvalue weighted by atomic mass is 9.82. The second-order valence-electron chi connectivity index (χ2n) is 4.20. The summed E-state index contributed by atoms with van der Waals surface area (Å²) in [7, 11) is 0. The first-order valence-electron chi connectivity index (χ1n) is 4.88. The van der Waals surface area contributed by atoms with E-state index in [-0.39, 0.29) is 10.8 Å². The van der Waals surface area contributed by atoms with Gasteiger partial charge in [0.15, 0.2) is 5.78 Å². The number of halogens is 2. The van der Waals surface area contributed by atoms with Crippen LogP contribution in [0.4, 0.5) is 4.39 Å². The second kappa shape index (κ2) is 4.31. The number of carbonyl (C=O) groups excluding carboxylic acids is 1. The molecule has 0 radical (unpaired) electrons. The van der Waals surface area contributed by atoms with Crippen LogP contribution in [0.25, 0.3) is 0 Å². The Morgan fingerprint density at radius 3 is 2.53 bits per heavy atom. The highest BCUT2D eigenvalue weighted by Gasteiger charge is 2.26. The molecular weight excluding hydrogens is 215 g/mol. The molecule has 15 heavy (non-hydrogen) atoms. The second-order valence-corrected chi connectivity index (χ2v) is 4.60. The molecule has 0 spiro atoms. The lowest BCUT2D eigenvalue weighted by Crippen LogP contribution is -2.23. The number of hydrogen-bond donors (Lipinski definition) is 0. The van der Waals surface area contributed by atoms with Crippen molar-refractivity contribution in [2.24, 2.45) is 5.41 Å². The fourth-order valence-corrected chi connectivity index (χ4v) is 1.31. The van der Waals surface area contributed by atoms with Crippen molar-refractivity contribution >= 4 is 17.4 Å². The van der Waals surface area contributed by atoms with E-state index in [1.54, 1.807) is 6.07 Å². The summed E-state index contributed by atoms with van der Waals surface area (Å²) in [6.45, 7) is 5.63. The Hall–Kier alpha value is -0.890. The molecule has 0 aliphatic heterocycles. The molecule has 0 saturated heterocycles. The van der Waals surface area contributed by atoms with Crippen LogP contribution in [0, 0.1) is 11.2 Å². The van der Waals surface area contributed by atoms with Gasteiger partial charge >= 0.3 is 0 Å². The summed E-state index contributed by atoms with van der Waals surface area (Å²) < 4.78 is 13.1. The maximum atomic E-state index is 13.1. The zero-order chi connectivity index (χ0) is 11.6. The van der Waals surface area contributed by atoms with Crippen molar-refractivity contribution in [1.82, 2.24) is 0 Å².